The average Bonchev–Trinajstić information content (AvgIpc) is 3.26. The lowest BCUT2D eigenvalue weighted by atomic mass is 10.1. The largest absolute Gasteiger partial charge is 0.497 e. The molecular formula is C23H21ClN4O5. The van der Waals surface area contributed by atoms with Crippen molar-refractivity contribution in [1.82, 2.24) is 14.7 Å². The summed E-state index contributed by atoms with van der Waals surface area (Å²) in [5, 5.41) is 7.57. The summed E-state index contributed by atoms with van der Waals surface area (Å²) < 4.78 is 17.1. The van der Waals surface area contributed by atoms with Gasteiger partial charge in [0.15, 0.2) is 0 Å². The number of nitrogens with one attached hydrogen (secondary N) is 1. The fourth-order valence-corrected chi connectivity index (χ4v) is 3.65. The first-order valence-electron chi connectivity index (χ1n) is 10.1. The van der Waals surface area contributed by atoms with Crippen molar-refractivity contribution in [2.75, 3.05) is 19.5 Å². The van der Waals surface area contributed by atoms with Crippen molar-refractivity contribution in [3.05, 3.63) is 64.2 Å². The van der Waals surface area contributed by atoms with E-state index in [9.17, 15) is 9.59 Å². The molecule has 1 atom stereocenters. The first-order valence-corrected chi connectivity index (χ1v) is 10.5. The highest BCUT2D eigenvalue weighted by Crippen LogP contribution is 2.30. The van der Waals surface area contributed by atoms with Crippen molar-refractivity contribution < 1.29 is 18.8 Å². The van der Waals surface area contributed by atoms with Gasteiger partial charge in [-0.25, -0.2) is 4.98 Å². The van der Waals surface area contributed by atoms with E-state index < -0.39 is 17.5 Å². The minimum Gasteiger partial charge on any atom is -0.497 e. The van der Waals surface area contributed by atoms with Crippen LogP contribution in [-0.4, -0.2) is 34.8 Å². The molecule has 0 radical (unpaired) electrons. The summed E-state index contributed by atoms with van der Waals surface area (Å²) in [6, 6.07) is 11.1. The molecule has 2 aromatic carbocycles. The Balaban J connectivity index is 1.73. The number of halogens is 1. The molecular weight excluding hydrogens is 448 g/mol. The first kappa shape index (κ1) is 22.3. The number of fused-ring (bicyclic) bond motifs is 1. The van der Waals surface area contributed by atoms with Crippen LogP contribution in [0, 0.1) is 0 Å². The van der Waals surface area contributed by atoms with Crippen LogP contribution in [0.25, 0.3) is 22.4 Å². The summed E-state index contributed by atoms with van der Waals surface area (Å²) in [5.41, 5.74) is 1.05. The number of benzene rings is 2. The first-order chi connectivity index (χ1) is 16.0. The number of carbonyl (C=O) groups excluding carboxylic acids is 1. The molecule has 0 spiro atoms. The normalized spacial score (nSPS) is 11.9. The predicted octanol–water partition coefficient (Wildman–Crippen LogP) is 4.31. The molecule has 0 fully saturated rings. The van der Waals surface area contributed by atoms with Gasteiger partial charge in [-0.15, -0.1) is 0 Å². The minimum atomic E-state index is -0.835. The Hall–Kier alpha value is -3.85. The van der Waals surface area contributed by atoms with Crippen LogP contribution in [0.4, 0.5) is 5.69 Å². The van der Waals surface area contributed by atoms with Gasteiger partial charge in [0.05, 0.1) is 19.9 Å². The Morgan fingerprint density at radius 3 is 2.61 bits per heavy atom. The molecule has 0 unspecified atom stereocenters. The van der Waals surface area contributed by atoms with Gasteiger partial charge in [-0.05, 0) is 30.7 Å². The molecule has 2 aromatic heterocycles. The van der Waals surface area contributed by atoms with E-state index in [1.54, 1.807) is 49.4 Å². The standard InChI is InChI=1S/C23H21ClN4O5/c1-4-17(21(29)26-16-11-15(31-2)9-10-18(16)32-3)28-12-25-22-19(23(28)30)20(27-33-22)13-5-7-14(24)8-6-13/h5-12,17H,4H2,1-3H3,(H,26,29)/t17-/m0/s1. The Kier molecular flexibility index (Phi) is 6.32. The number of amides is 1. The maximum Gasteiger partial charge on any atom is 0.267 e. The number of aromatic nitrogens is 3. The van der Waals surface area contributed by atoms with Gasteiger partial charge in [0.1, 0.15) is 34.9 Å². The lowest BCUT2D eigenvalue weighted by molar-refractivity contribution is -0.119. The zero-order valence-corrected chi connectivity index (χ0v) is 18.9. The summed E-state index contributed by atoms with van der Waals surface area (Å²) in [6.45, 7) is 1.80. The van der Waals surface area contributed by atoms with Crippen LogP contribution in [-0.2, 0) is 4.79 Å². The zero-order valence-electron chi connectivity index (χ0n) is 18.2. The third-order valence-electron chi connectivity index (χ3n) is 5.23. The molecule has 0 aliphatic carbocycles. The molecule has 0 saturated carbocycles. The van der Waals surface area contributed by atoms with Crippen molar-refractivity contribution in [2.24, 2.45) is 0 Å². The summed E-state index contributed by atoms with van der Waals surface area (Å²) >= 11 is 5.97. The third-order valence-corrected chi connectivity index (χ3v) is 5.48. The molecule has 4 rings (SSSR count). The molecule has 10 heteroatoms. The van der Waals surface area contributed by atoms with Crippen molar-refractivity contribution in [3.63, 3.8) is 0 Å². The molecule has 2 heterocycles. The van der Waals surface area contributed by atoms with Crippen molar-refractivity contribution in [3.8, 4) is 22.8 Å². The summed E-state index contributed by atoms with van der Waals surface area (Å²) in [5.74, 6) is 0.609. The van der Waals surface area contributed by atoms with E-state index in [1.807, 2.05) is 0 Å². The molecule has 0 saturated heterocycles. The Bertz CT molecular complexity index is 1360. The highest BCUT2D eigenvalue weighted by molar-refractivity contribution is 6.30. The number of carbonyl (C=O) groups is 1. The van der Waals surface area contributed by atoms with E-state index in [0.717, 1.165) is 0 Å². The van der Waals surface area contributed by atoms with E-state index in [0.29, 0.717) is 39.9 Å². The maximum atomic E-state index is 13.4. The SMILES string of the molecule is CC[C@@H](C(=O)Nc1cc(OC)ccc1OC)n1cnc2onc(-c3ccc(Cl)cc3)c2c1=O. The summed E-state index contributed by atoms with van der Waals surface area (Å²) in [6.07, 6.45) is 1.63. The second-order valence-corrected chi connectivity index (χ2v) is 7.59. The number of hydrogen-bond acceptors (Lipinski definition) is 7. The van der Waals surface area contributed by atoms with Gasteiger partial charge in [0.2, 0.25) is 5.91 Å². The van der Waals surface area contributed by atoms with Gasteiger partial charge in [-0.1, -0.05) is 35.8 Å². The van der Waals surface area contributed by atoms with Crippen LogP contribution < -0.4 is 20.3 Å². The van der Waals surface area contributed by atoms with Crippen LogP contribution in [0.15, 0.2) is 58.1 Å². The van der Waals surface area contributed by atoms with Crippen molar-refractivity contribution >= 4 is 34.3 Å². The number of ether oxygens (including phenoxy) is 2. The van der Waals surface area contributed by atoms with E-state index in [2.05, 4.69) is 15.5 Å². The predicted molar refractivity (Wildman–Crippen MR) is 124 cm³/mol. The van der Waals surface area contributed by atoms with Gasteiger partial charge < -0.3 is 19.3 Å². The van der Waals surface area contributed by atoms with Gasteiger partial charge in [0.25, 0.3) is 11.3 Å². The highest BCUT2D eigenvalue weighted by atomic mass is 35.5. The zero-order chi connectivity index (χ0) is 23.5. The molecule has 0 bridgehead atoms. The van der Waals surface area contributed by atoms with E-state index in [-0.39, 0.29) is 11.1 Å². The Labute approximate surface area is 193 Å². The summed E-state index contributed by atoms with van der Waals surface area (Å²) in [4.78, 5) is 30.8. The van der Waals surface area contributed by atoms with E-state index in [1.165, 1.54) is 25.1 Å². The molecule has 33 heavy (non-hydrogen) atoms. The number of anilines is 1. The van der Waals surface area contributed by atoms with Gasteiger partial charge in [-0.2, -0.15) is 0 Å². The number of hydrogen-bond donors (Lipinski definition) is 1. The second kappa shape index (κ2) is 9.33. The second-order valence-electron chi connectivity index (χ2n) is 7.15. The van der Waals surface area contributed by atoms with Crippen LogP contribution in [0.2, 0.25) is 5.02 Å². The Morgan fingerprint density at radius 1 is 1.18 bits per heavy atom. The van der Waals surface area contributed by atoms with E-state index >= 15 is 0 Å². The van der Waals surface area contributed by atoms with Gasteiger partial charge in [0, 0.05) is 16.7 Å². The lowest BCUT2D eigenvalue weighted by Crippen LogP contribution is -2.33. The smallest absolute Gasteiger partial charge is 0.267 e. The fraction of sp³-hybridized carbons (Fsp3) is 0.217. The van der Waals surface area contributed by atoms with Gasteiger partial charge >= 0.3 is 0 Å². The van der Waals surface area contributed by atoms with Crippen LogP contribution in [0.1, 0.15) is 19.4 Å². The van der Waals surface area contributed by atoms with Crippen LogP contribution >= 0.6 is 11.6 Å². The summed E-state index contributed by atoms with van der Waals surface area (Å²) in [7, 11) is 3.03. The van der Waals surface area contributed by atoms with Crippen LogP contribution in [0.5, 0.6) is 11.5 Å². The topological polar surface area (TPSA) is 108 Å². The molecule has 170 valence electrons. The number of nitrogens with zero attached hydrogens (tertiary/aromatic N) is 3. The minimum absolute atomic E-state index is 0.0888. The maximum absolute atomic E-state index is 13.4. The quantitative estimate of drug-likeness (QED) is 0.430. The average molecular weight is 469 g/mol. The molecule has 4 aromatic rings. The van der Waals surface area contributed by atoms with Crippen LogP contribution in [0.3, 0.4) is 0 Å². The Morgan fingerprint density at radius 2 is 1.94 bits per heavy atom. The highest BCUT2D eigenvalue weighted by Gasteiger charge is 2.25. The molecule has 1 amide bonds. The van der Waals surface area contributed by atoms with Gasteiger partial charge in [-0.3, -0.25) is 14.2 Å². The number of rotatable bonds is 7. The fourth-order valence-electron chi connectivity index (χ4n) is 3.52. The molecule has 0 aliphatic heterocycles. The van der Waals surface area contributed by atoms with Crippen molar-refractivity contribution in [2.45, 2.75) is 19.4 Å². The van der Waals surface area contributed by atoms with E-state index in [4.69, 9.17) is 25.6 Å². The monoisotopic (exact) mass is 468 g/mol. The molecule has 1 N–H and O–H groups in total. The molecule has 9 nitrogen and oxygen atoms in total. The third kappa shape index (κ3) is 4.27. The number of methoxy groups -OCH3 is 2. The van der Waals surface area contributed by atoms with Crippen molar-refractivity contribution in [1.29, 1.82) is 0 Å². The molecule has 0 aliphatic rings. The lowest BCUT2D eigenvalue weighted by Gasteiger charge is -2.19.